The number of allylic oxidation sites excluding steroid dienone is 4. The molecule has 78 valence electrons. The highest BCUT2D eigenvalue weighted by Gasteiger charge is 2.11. The third-order valence-electron chi connectivity index (χ3n) is 2.33. The van der Waals surface area contributed by atoms with Crippen LogP contribution >= 0.6 is 0 Å². The molecule has 2 N–H and O–H groups in total. The Bertz CT molecular complexity index is 499. The van der Waals surface area contributed by atoms with Crippen molar-refractivity contribution in [1.29, 1.82) is 0 Å². The highest BCUT2D eigenvalue weighted by Crippen LogP contribution is 2.16. The first-order valence-electron chi connectivity index (χ1n) is 4.78. The number of aryl methyl sites for hydroxylation is 1. The Morgan fingerprint density at radius 1 is 1.40 bits per heavy atom. The van der Waals surface area contributed by atoms with Crippen molar-refractivity contribution in [2.45, 2.75) is 19.8 Å². The fourth-order valence-corrected chi connectivity index (χ4v) is 1.44. The molecule has 1 aromatic rings. The van der Waals surface area contributed by atoms with Crippen LogP contribution in [0.15, 0.2) is 23.0 Å². The molecule has 5 heteroatoms. The third-order valence-corrected chi connectivity index (χ3v) is 2.33. The smallest absolute Gasteiger partial charge is 0.298 e. The van der Waals surface area contributed by atoms with E-state index in [1.807, 2.05) is 18.2 Å². The monoisotopic (exact) mass is 204 g/mol. The van der Waals surface area contributed by atoms with Crippen LogP contribution in [0, 0.1) is 6.92 Å². The summed E-state index contributed by atoms with van der Waals surface area (Å²) in [6.07, 6.45) is 7.78. The van der Waals surface area contributed by atoms with Gasteiger partial charge in [-0.1, -0.05) is 18.2 Å². The number of rotatable bonds is 1. The Hall–Kier alpha value is -1.91. The SMILES string of the molecule is Cc1nnc(C2=CCCC=C2)c(=O)n1N. The number of aromatic nitrogens is 3. The van der Waals surface area contributed by atoms with E-state index in [0.29, 0.717) is 11.5 Å². The summed E-state index contributed by atoms with van der Waals surface area (Å²) in [4.78, 5) is 11.7. The molecule has 5 nitrogen and oxygen atoms in total. The Morgan fingerprint density at radius 3 is 2.87 bits per heavy atom. The van der Waals surface area contributed by atoms with Gasteiger partial charge in [0.1, 0.15) is 0 Å². The van der Waals surface area contributed by atoms with Crippen molar-refractivity contribution in [2.24, 2.45) is 0 Å². The van der Waals surface area contributed by atoms with Crippen molar-refractivity contribution in [3.63, 3.8) is 0 Å². The summed E-state index contributed by atoms with van der Waals surface area (Å²) in [6, 6.07) is 0. The Balaban J connectivity index is 2.55. The zero-order chi connectivity index (χ0) is 10.8. The van der Waals surface area contributed by atoms with Gasteiger partial charge in [0.15, 0.2) is 11.5 Å². The number of nitrogen functional groups attached to an aromatic ring is 1. The first-order chi connectivity index (χ1) is 7.20. The second kappa shape index (κ2) is 3.68. The van der Waals surface area contributed by atoms with Crippen molar-refractivity contribution >= 4 is 5.57 Å². The van der Waals surface area contributed by atoms with Crippen molar-refractivity contribution in [3.05, 3.63) is 40.1 Å². The molecular weight excluding hydrogens is 192 g/mol. The second-order valence-corrected chi connectivity index (χ2v) is 3.41. The van der Waals surface area contributed by atoms with Gasteiger partial charge in [-0.15, -0.1) is 10.2 Å². The van der Waals surface area contributed by atoms with E-state index < -0.39 is 0 Å². The molecule has 1 heterocycles. The molecule has 0 bridgehead atoms. The zero-order valence-electron chi connectivity index (χ0n) is 8.47. The summed E-state index contributed by atoms with van der Waals surface area (Å²) in [6.45, 7) is 1.64. The molecule has 1 aliphatic carbocycles. The Kier molecular flexibility index (Phi) is 2.37. The third kappa shape index (κ3) is 1.68. The van der Waals surface area contributed by atoms with Gasteiger partial charge in [0.2, 0.25) is 0 Å². The largest absolute Gasteiger partial charge is 0.335 e. The predicted octanol–water partition coefficient (Wildman–Crippen LogP) is 0.394. The summed E-state index contributed by atoms with van der Waals surface area (Å²) in [7, 11) is 0. The number of nitrogens with zero attached hydrogens (tertiary/aromatic N) is 3. The standard InChI is InChI=1S/C10H12N4O/c1-7-12-13-9(10(15)14(7)11)8-5-3-2-4-6-8/h3,5-6H,2,4,11H2,1H3. The van der Waals surface area contributed by atoms with Gasteiger partial charge in [0, 0.05) is 5.57 Å². The summed E-state index contributed by atoms with van der Waals surface area (Å²) < 4.78 is 1.02. The lowest BCUT2D eigenvalue weighted by Gasteiger charge is -2.07. The molecular formula is C10H12N4O. The summed E-state index contributed by atoms with van der Waals surface area (Å²) >= 11 is 0. The van der Waals surface area contributed by atoms with Crippen LogP contribution in [0.4, 0.5) is 0 Å². The van der Waals surface area contributed by atoms with E-state index in [-0.39, 0.29) is 5.56 Å². The minimum Gasteiger partial charge on any atom is -0.335 e. The molecule has 1 aromatic heterocycles. The van der Waals surface area contributed by atoms with Gasteiger partial charge in [-0.3, -0.25) is 4.79 Å². The van der Waals surface area contributed by atoms with Crippen LogP contribution in [-0.2, 0) is 0 Å². The van der Waals surface area contributed by atoms with E-state index in [9.17, 15) is 4.79 Å². The molecule has 0 aliphatic heterocycles. The first kappa shape index (κ1) is 9.64. The molecule has 0 fully saturated rings. The molecule has 1 aliphatic rings. The van der Waals surface area contributed by atoms with Crippen molar-refractivity contribution in [3.8, 4) is 0 Å². The molecule has 15 heavy (non-hydrogen) atoms. The molecule has 0 atom stereocenters. The van der Waals surface area contributed by atoms with Gasteiger partial charge in [-0.25, -0.2) is 4.68 Å². The topological polar surface area (TPSA) is 73.8 Å². The zero-order valence-corrected chi connectivity index (χ0v) is 8.47. The maximum atomic E-state index is 11.7. The number of nitrogens with two attached hydrogens (primary N) is 1. The molecule has 0 radical (unpaired) electrons. The average Bonchev–Trinajstić information content (AvgIpc) is 2.27. The van der Waals surface area contributed by atoms with E-state index in [2.05, 4.69) is 10.2 Å². The van der Waals surface area contributed by atoms with Crippen molar-refractivity contribution in [2.75, 3.05) is 5.84 Å². The minimum atomic E-state index is -0.305. The van der Waals surface area contributed by atoms with Crippen molar-refractivity contribution < 1.29 is 0 Å². The van der Waals surface area contributed by atoms with E-state index in [0.717, 1.165) is 23.1 Å². The van der Waals surface area contributed by atoms with Crippen LogP contribution in [0.25, 0.3) is 5.57 Å². The fraction of sp³-hybridized carbons (Fsp3) is 0.300. The van der Waals surface area contributed by atoms with Gasteiger partial charge in [0.05, 0.1) is 0 Å². The van der Waals surface area contributed by atoms with Gasteiger partial charge in [-0.05, 0) is 19.8 Å². The summed E-state index contributed by atoms with van der Waals surface area (Å²) in [5.41, 5.74) is 0.817. The van der Waals surface area contributed by atoms with E-state index in [4.69, 9.17) is 5.84 Å². The van der Waals surface area contributed by atoms with Gasteiger partial charge in [-0.2, -0.15) is 0 Å². The van der Waals surface area contributed by atoms with Gasteiger partial charge < -0.3 is 5.84 Å². The van der Waals surface area contributed by atoms with Gasteiger partial charge in [0.25, 0.3) is 5.56 Å². The molecule has 0 amide bonds. The molecule has 0 saturated carbocycles. The quantitative estimate of drug-likeness (QED) is 0.672. The first-order valence-corrected chi connectivity index (χ1v) is 4.78. The van der Waals surface area contributed by atoms with Crippen LogP contribution in [0.5, 0.6) is 0 Å². The average molecular weight is 204 g/mol. The molecule has 0 aromatic carbocycles. The van der Waals surface area contributed by atoms with E-state index in [1.54, 1.807) is 6.92 Å². The highest BCUT2D eigenvalue weighted by molar-refractivity contribution is 5.71. The van der Waals surface area contributed by atoms with Gasteiger partial charge >= 0.3 is 0 Å². The highest BCUT2D eigenvalue weighted by atomic mass is 16.1. The number of hydrogen-bond acceptors (Lipinski definition) is 4. The Labute approximate surface area is 86.9 Å². The molecule has 0 saturated heterocycles. The normalized spacial score (nSPS) is 15.1. The summed E-state index contributed by atoms with van der Waals surface area (Å²) in [5.74, 6) is 5.95. The lowest BCUT2D eigenvalue weighted by atomic mass is 10.1. The van der Waals surface area contributed by atoms with E-state index >= 15 is 0 Å². The summed E-state index contributed by atoms with van der Waals surface area (Å²) in [5, 5.41) is 7.71. The minimum absolute atomic E-state index is 0.305. The molecule has 2 rings (SSSR count). The Morgan fingerprint density at radius 2 is 2.20 bits per heavy atom. The van der Waals surface area contributed by atoms with Crippen LogP contribution in [0.3, 0.4) is 0 Å². The van der Waals surface area contributed by atoms with Crippen LogP contribution < -0.4 is 11.4 Å². The van der Waals surface area contributed by atoms with Crippen LogP contribution in [0.1, 0.15) is 24.4 Å². The number of hydrogen-bond donors (Lipinski definition) is 1. The lowest BCUT2D eigenvalue weighted by molar-refractivity contribution is 0.759. The maximum absolute atomic E-state index is 11.7. The fourth-order valence-electron chi connectivity index (χ4n) is 1.44. The lowest BCUT2D eigenvalue weighted by Crippen LogP contribution is -2.33. The predicted molar refractivity (Wildman–Crippen MR) is 57.5 cm³/mol. The molecule has 0 unspecified atom stereocenters. The molecule has 0 spiro atoms. The second-order valence-electron chi connectivity index (χ2n) is 3.41. The van der Waals surface area contributed by atoms with Crippen molar-refractivity contribution in [1.82, 2.24) is 14.9 Å². The maximum Gasteiger partial charge on any atom is 0.298 e. The van der Waals surface area contributed by atoms with E-state index in [1.165, 1.54) is 0 Å². The van der Waals surface area contributed by atoms with Crippen LogP contribution in [-0.4, -0.2) is 14.9 Å². The van der Waals surface area contributed by atoms with Crippen LogP contribution in [0.2, 0.25) is 0 Å².